The summed E-state index contributed by atoms with van der Waals surface area (Å²) in [5, 5.41) is 13.7. The molecule has 1 N–H and O–H groups in total. The molecule has 3 aromatic rings. The van der Waals surface area contributed by atoms with Crippen LogP contribution in [0.3, 0.4) is 0 Å². The fourth-order valence-corrected chi connectivity index (χ4v) is 3.43. The number of nitrogens with one attached hydrogen (secondary N) is 1. The number of hydrogen-bond donors (Lipinski definition) is 1. The molecule has 1 atom stereocenters. The van der Waals surface area contributed by atoms with Gasteiger partial charge in [-0.1, -0.05) is 48.5 Å². The summed E-state index contributed by atoms with van der Waals surface area (Å²) in [6.45, 7) is 2.66. The molecule has 132 valence electrons. The van der Waals surface area contributed by atoms with Gasteiger partial charge in [0.1, 0.15) is 12.9 Å². The molecule has 0 fully saturated rings. The van der Waals surface area contributed by atoms with Crippen molar-refractivity contribution in [2.45, 2.75) is 25.4 Å². The van der Waals surface area contributed by atoms with Crippen molar-refractivity contribution in [2.24, 2.45) is 0 Å². The summed E-state index contributed by atoms with van der Waals surface area (Å²) in [5.74, 6) is 0.0583. The molecule has 1 amide bonds. The van der Waals surface area contributed by atoms with Gasteiger partial charge in [-0.15, -0.1) is 5.10 Å². The topological polar surface area (TPSA) is 81.9 Å². The number of benzene rings is 2. The average molecular weight is 349 g/mol. The van der Waals surface area contributed by atoms with Crippen LogP contribution in [0, 0.1) is 0 Å². The lowest BCUT2D eigenvalue weighted by molar-refractivity contribution is 0.138. The maximum absolute atomic E-state index is 12.2. The van der Waals surface area contributed by atoms with Gasteiger partial charge in [0.05, 0.1) is 6.54 Å². The molecule has 0 radical (unpaired) electrons. The first kappa shape index (κ1) is 16.3. The minimum absolute atomic E-state index is 0.0583. The Bertz CT molecular complexity index is 864. The molecule has 1 aliphatic carbocycles. The summed E-state index contributed by atoms with van der Waals surface area (Å²) in [5.41, 5.74) is 4.82. The summed E-state index contributed by atoms with van der Waals surface area (Å²) < 4.78 is 7.08. The van der Waals surface area contributed by atoms with E-state index in [1.807, 2.05) is 31.2 Å². The normalized spacial score (nSPS) is 13.7. The van der Waals surface area contributed by atoms with E-state index in [-0.39, 0.29) is 12.0 Å². The number of hydrogen-bond acceptors (Lipinski definition) is 5. The van der Waals surface area contributed by atoms with Gasteiger partial charge in [0.2, 0.25) is 0 Å². The average Bonchev–Trinajstić information content (AvgIpc) is 3.26. The van der Waals surface area contributed by atoms with Crippen molar-refractivity contribution in [2.75, 3.05) is 6.61 Å². The molecule has 1 aliphatic rings. The fourth-order valence-electron chi connectivity index (χ4n) is 3.43. The van der Waals surface area contributed by atoms with E-state index in [1.165, 1.54) is 28.6 Å². The van der Waals surface area contributed by atoms with Crippen LogP contribution in [0.5, 0.6) is 0 Å². The quantitative estimate of drug-likeness (QED) is 0.766. The standard InChI is InChI=1S/C19H19N5O2/c1-13(10-24-12-20-22-23-24)21-19(25)26-11-18-16-8-4-2-6-14(16)15-7-3-5-9-17(15)18/h2-9,12-13,18H,10-11H2,1H3,(H,21,25)/t13-/m0/s1. The molecule has 0 spiro atoms. The highest BCUT2D eigenvalue weighted by Crippen LogP contribution is 2.44. The van der Waals surface area contributed by atoms with Gasteiger partial charge >= 0.3 is 6.09 Å². The Labute approximate surface area is 151 Å². The maximum Gasteiger partial charge on any atom is 0.407 e. The minimum Gasteiger partial charge on any atom is -0.449 e. The lowest BCUT2D eigenvalue weighted by Gasteiger charge is -2.17. The number of nitrogens with zero attached hydrogens (tertiary/aromatic N) is 4. The monoisotopic (exact) mass is 349 g/mol. The van der Waals surface area contributed by atoms with E-state index >= 15 is 0 Å². The number of ether oxygens (including phenoxy) is 1. The van der Waals surface area contributed by atoms with Crippen LogP contribution in [-0.4, -0.2) is 38.9 Å². The van der Waals surface area contributed by atoms with Crippen molar-refractivity contribution >= 4 is 6.09 Å². The molecule has 1 aromatic heterocycles. The van der Waals surface area contributed by atoms with Crippen LogP contribution >= 0.6 is 0 Å². The van der Waals surface area contributed by atoms with E-state index < -0.39 is 6.09 Å². The third-order valence-electron chi connectivity index (χ3n) is 4.56. The molecule has 4 rings (SSSR count). The van der Waals surface area contributed by atoms with Crippen molar-refractivity contribution in [1.82, 2.24) is 25.5 Å². The summed E-state index contributed by atoms with van der Waals surface area (Å²) in [6, 6.07) is 16.4. The van der Waals surface area contributed by atoms with Crippen molar-refractivity contribution in [3.8, 4) is 11.1 Å². The van der Waals surface area contributed by atoms with Crippen LogP contribution in [0.15, 0.2) is 54.9 Å². The van der Waals surface area contributed by atoms with E-state index in [2.05, 4.69) is 45.1 Å². The van der Waals surface area contributed by atoms with Crippen LogP contribution in [-0.2, 0) is 11.3 Å². The Hall–Kier alpha value is -3.22. The summed E-state index contributed by atoms with van der Waals surface area (Å²) in [7, 11) is 0. The third-order valence-corrected chi connectivity index (χ3v) is 4.56. The first-order chi connectivity index (χ1) is 12.7. The maximum atomic E-state index is 12.2. The Balaban J connectivity index is 1.41. The van der Waals surface area contributed by atoms with Gasteiger partial charge < -0.3 is 10.1 Å². The molecular formula is C19H19N5O2. The van der Waals surface area contributed by atoms with Gasteiger partial charge in [0, 0.05) is 12.0 Å². The first-order valence-electron chi connectivity index (χ1n) is 8.54. The second-order valence-corrected chi connectivity index (χ2v) is 6.40. The first-order valence-corrected chi connectivity index (χ1v) is 8.54. The SMILES string of the molecule is C[C@@H](Cn1cnnn1)NC(=O)OCC1c2ccccc2-c2ccccc21. The summed E-state index contributed by atoms with van der Waals surface area (Å²) >= 11 is 0. The zero-order valence-corrected chi connectivity index (χ0v) is 14.4. The van der Waals surface area contributed by atoms with E-state index in [0.717, 1.165) is 0 Å². The third kappa shape index (κ3) is 3.15. The van der Waals surface area contributed by atoms with Crippen molar-refractivity contribution < 1.29 is 9.53 Å². The van der Waals surface area contributed by atoms with Crippen molar-refractivity contribution in [3.63, 3.8) is 0 Å². The Morgan fingerprint density at radius 1 is 1.15 bits per heavy atom. The summed E-state index contributed by atoms with van der Waals surface area (Å²) in [4.78, 5) is 12.2. The number of carbonyl (C=O) groups is 1. The lowest BCUT2D eigenvalue weighted by Crippen LogP contribution is -2.36. The second-order valence-electron chi connectivity index (χ2n) is 6.40. The number of amides is 1. The number of carbonyl (C=O) groups excluding carboxylic acids is 1. The van der Waals surface area contributed by atoms with Crippen LogP contribution in [0.25, 0.3) is 11.1 Å². The number of aromatic nitrogens is 4. The molecule has 7 nitrogen and oxygen atoms in total. The number of rotatable bonds is 5. The molecule has 0 bridgehead atoms. The van der Waals surface area contributed by atoms with Crippen molar-refractivity contribution in [1.29, 1.82) is 0 Å². The molecule has 26 heavy (non-hydrogen) atoms. The van der Waals surface area contributed by atoms with Gasteiger partial charge in [-0.2, -0.15) is 0 Å². The van der Waals surface area contributed by atoms with Gasteiger partial charge in [-0.3, -0.25) is 0 Å². The van der Waals surface area contributed by atoms with E-state index in [4.69, 9.17) is 4.74 Å². The second kappa shape index (κ2) is 6.95. The largest absolute Gasteiger partial charge is 0.449 e. The lowest BCUT2D eigenvalue weighted by atomic mass is 9.98. The molecule has 0 saturated heterocycles. The highest BCUT2D eigenvalue weighted by atomic mass is 16.5. The van der Waals surface area contributed by atoms with Gasteiger partial charge in [-0.05, 0) is 39.6 Å². The minimum atomic E-state index is -0.438. The zero-order chi connectivity index (χ0) is 17.9. The van der Waals surface area contributed by atoms with Crippen LogP contribution in [0.1, 0.15) is 24.0 Å². The van der Waals surface area contributed by atoms with Gasteiger partial charge in [0.25, 0.3) is 0 Å². The predicted molar refractivity (Wildman–Crippen MR) is 95.5 cm³/mol. The molecule has 0 unspecified atom stereocenters. The number of alkyl carbamates (subject to hydrolysis) is 1. The van der Waals surface area contributed by atoms with E-state index in [1.54, 1.807) is 4.68 Å². The van der Waals surface area contributed by atoms with E-state index in [9.17, 15) is 4.79 Å². The van der Waals surface area contributed by atoms with Crippen LogP contribution in [0.4, 0.5) is 4.79 Å². The van der Waals surface area contributed by atoms with E-state index in [0.29, 0.717) is 13.2 Å². The Kier molecular flexibility index (Phi) is 4.35. The zero-order valence-electron chi connectivity index (χ0n) is 14.4. The predicted octanol–water partition coefficient (Wildman–Crippen LogP) is 2.60. The molecule has 0 saturated carbocycles. The van der Waals surface area contributed by atoms with Crippen molar-refractivity contribution in [3.05, 3.63) is 66.0 Å². The molecular weight excluding hydrogens is 330 g/mol. The molecule has 1 heterocycles. The highest BCUT2D eigenvalue weighted by Gasteiger charge is 2.29. The fraction of sp³-hybridized carbons (Fsp3) is 0.263. The number of tetrazole rings is 1. The van der Waals surface area contributed by atoms with Gasteiger partial charge in [0.15, 0.2) is 0 Å². The molecule has 0 aliphatic heterocycles. The molecule has 2 aromatic carbocycles. The Morgan fingerprint density at radius 2 is 1.81 bits per heavy atom. The van der Waals surface area contributed by atoms with Crippen LogP contribution in [0.2, 0.25) is 0 Å². The van der Waals surface area contributed by atoms with Gasteiger partial charge in [-0.25, -0.2) is 9.48 Å². The Morgan fingerprint density at radius 3 is 2.42 bits per heavy atom. The molecule has 7 heteroatoms. The highest BCUT2D eigenvalue weighted by molar-refractivity contribution is 5.79. The summed E-state index contributed by atoms with van der Waals surface area (Å²) in [6.07, 6.45) is 1.07. The number of fused-ring (bicyclic) bond motifs is 3. The van der Waals surface area contributed by atoms with Crippen LogP contribution < -0.4 is 5.32 Å². The smallest absolute Gasteiger partial charge is 0.407 e.